The minimum Gasteiger partial charge on any atom is -0.204 e. The number of benzene rings is 2. The van der Waals surface area contributed by atoms with Gasteiger partial charge in [-0.05, 0) is 53.5 Å². The average molecular weight is 377 g/mol. The molecule has 1 aliphatic rings. The molecule has 0 aromatic heterocycles. The van der Waals surface area contributed by atoms with E-state index < -0.39 is 17.5 Å². The number of hydrogen-bond acceptors (Lipinski definition) is 0. The molecule has 2 aromatic rings. The van der Waals surface area contributed by atoms with Gasteiger partial charge in [0.1, 0.15) is 0 Å². The Morgan fingerprint density at radius 3 is 2.04 bits per heavy atom. The molecule has 0 unspecified atom stereocenters. The van der Waals surface area contributed by atoms with Gasteiger partial charge in [-0.2, -0.15) is 0 Å². The number of rotatable bonds is 5. The van der Waals surface area contributed by atoms with Crippen molar-refractivity contribution in [1.29, 1.82) is 0 Å². The van der Waals surface area contributed by atoms with Gasteiger partial charge in [0.15, 0.2) is 17.5 Å². The van der Waals surface area contributed by atoms with Crippen LogP contribution in [0, 0.1) is 17.5 Å². The van der Waals surface area contributed by atoms with Crippen LogP contribution in [0.3, 0.4) is 0 Å². The van der Waals surface area contributed by atoms with E-state index in [4.69, 9.17) is 0 Å². The third-order valence-electron chi connectivity index (χ3n) is 6.18. The van der Waals surface area contributed by atoms with Crippen molar-refractivity contribution in [3.63, 3.8) is 0 Å². The van der Waals surface area contributed by atoms with E-state index in [1.807, 2.05) is 12.1 Å². The first kappa shape index (κ1) is 19.2. The molecule has 26 heavy (non-hydrogen) atoms. The number of hydrogen-bond donors (Lipinski definition) is 0. The van der Waals surface area contributed by atoms with Crippen molar-refractivity contribution in [2.45, 2.75) is 63.0 Å². The molecular weight excluding hydrogens is 349 g/mol. The Hall–Kier alpha value is -1.55. The molecule has 0 saturated heterocycles. The van der Waals surface area contributed by atoms with Gasteiger partial charge in [0.2, 0.25) is 0 Å². The monoisotopic (exact) mass is 376 g/mol. The Balaban J connectivity index is 1.88. The molecule has 1 fully saturated rings. The van der Waals surface area contributed by atoms with Crippen LogP contribution in [0.15, 0.2) is 36.4 Å². The summed E-state index contributed by atoms with van der Waals surface area (Å²) in [5.74, 6) is -3.70. The molecule has 0 amide bonds. The minimum absolute atomic E-state index is 0.0714. The van der Waals surface area contributed by atoms with Gasteiger partial charge in [0, 0.05) is 9.52 Å². The molecule has 140 valence electrons. The highest BCUT2D eigenvalue weighted by molar-refractivity contribution is 6.35. The topological polar surface area (TPSA) is 0 Å². The molecule has 0 radical (unpaired) electrons. The standard InChI is InChI=1S/C22H27F3Si/c1-3-10-22(11-8-18(26-2)9-12-22)17-6-4-15(5-7-17)16-13-19(23)21(25)20(24)14-16/h4-7,13-14,18H,3,8-12,26H2,1-2H3. The number of halogens is 3. The molecule has 0 heterocycles. The highest BCUT2D eigenvalue weighted by atomic mass is 28.2. The highest BCUT2D eigenvalue weighted by Gasteiger charge is 2.35. The molecule has 0 aliphatic heterocycles. The van der Waals surface area contributed by atoms with Crippen molar-refractivity contribution in [2.75, 3.05) is 0 Å². The summed E-state index contributed by atoms with van der Waals surface area (Å²) in [5, 5.41) is 0. The first-order valence-electron chi connectivity index (χ1n) is 9.74. The Kier molecular flexibility index (Phi) is 5.91. The SMILES string of the molecule is CCCC1(c2ccc(-c3cc(F)c(F)c(F)c3)cc2)CCC([SiH2]C)CC1. The zero-order valence-corrected chi connectivity index (χ0v) is 17.0. The van der Waals surface area contributed by atoms with Crippen LogP contribution >= 0.6 is 0 Å². The Labute approximate surface area is 156 Å². The van der Waals surface area contributed by atoms with E-state index in [2.05, 4.69) is 25.6 Å². The molecule has 0 N–H and O–H groups in total. The zero-order valence-electron chi connectivity index (χ0n) is 15.6. The normalized spacial score (nSPS) is 23.7. The maximum Gasteiger partial charge on any atom is 0.194 e. The molecule has 4 heteroatoms. The third kappa shape index (κ3) is 3.75. The Bertz CT molecular complexity index is 723. The van der Waals surface area contributed by atoms with E-state index >= 15 is 0 Å². The van der Waals surface area contributed by atoms with Crippen LogP contribution in [0.5, 0.6) is 0 Å². The van der Waals surface area contributed by atoms with E-state index in [-0.39, 0.29) is 14.9 Å². The van der Waals surface area contributed by atoms with Crippen LogP contribution in [-0.2, 0) is 5.41 Å². The predicted molar refractivity (Wildman–Crippen MR) is 105 cm³/mol. The summed E-state index contributed by atoms with van der Waals surface area (Å²) in [5.41, 5.74) is 3.64. The van der Waals surface area contributed by atoms with Crippen LogP contribution in [0.2, 0.25) is 12.1 Å². The van der Waals surface area contributed by atoms with E-state index in [0.717, 1.165) is 24.1 Å². The highest BCUT2D eigenvalue weighted by Crippen LogP contribution is 2.46. The molecular formula is C22H27F3Si. The molecule has 2 aromatic carbocycles. The van der Waals surface area contributed by atoms with Gasteiger partial charge >= 0.3 is 0 Å². The van der Waals surface area contributed by atoms with Crippen LogP contribution < -0.4 is 0 Å². The van der Waals surface area contributed by atoms with Crippen molar-refractivity contribution in [2.24, 2.45) is 0 Å². The van der Waals surface area contributed by atoms with Crippen molar-refractivity contribution < 1.29 is 13.2 Å². The first-order valence-corrected chi connectivity index (χ1v) is 12.0. The third-order valence-corrected chi connectivity index (χ3v) is 8.15. The van der Waals surface area contributed by atoms with Crippen LogP contribution in [-0.4, -0.2) is 9.52 Å². The Morgan fingerprint density at radius 1 is 0.962 bits per heavy atom. The van der Waals surface area contributed by atoms with Gasteiger partial charge in [-0.25, -0.2) is 13.2 Å². The second-order valence-corrected chi connectivity index (χ2v) is 9.68. The predicted octanol–water partition coefficient (Wildman–Crippen LogP) is 6.39. The summed E-state index contributed by atoms with van der Waals surface area (Å²) in [6.45, 7) is 4.65. The van der Waals surface area contributed by atoms with Crippen molar-refractivity contribution >= 4 is 9.52 Å². The van der Waals surface area contributed by atoms with E-state index in [0.29, 0.717) is 11.1 Å². The fourth-order valence-corrected chi connectivity index (χ4v) is 5.76. The smallest absolute Gasteiger partial charge is 0.194 e. The lowest BCUT2D eigenvalue weighted by Gasteiger charge is -2.41. The summed E-state index contributed by atoms with van der Waals surface area (Å²) in [7, 11) is 0.0714. The van der Waals surface area contributed by atoms with Crippen LogP contribution in [0.25, 0.3) is 11.1 Å². The van der Waals surface area contributed by atoms with Crippen LogP contribution in [0.1, 0.15) is 51.0 Å². The molecule has 3 rings (SSSR count). The second-order valence-electron chi connectivity index (χ2n) is 7.71. The summed E-state index contributed by atoms with van der Waals surface area (Å²) >= 11 is 0. The van der Waals surface area contributed by atoms with E-state index in [9.17, 15) is 13.2 Å². The summed E-state index contributed by atoms with van der Waals surface area (Å²) in [6.07, 6.45) is 7.49. The average Bonchev–Trinajstić information content (AvgIpc) is 2.66. The fourth-order valence-electron chi connectivity index (χ4n) is 4.54. The van der Waals surface area contributed by atoms with Crippen molar-refractivity contribution in [1.82, 2.24) is 0 Å². The molecule has 1 aliphatic carbocycles. The lowest BCUT2D eigenvalue weighted by molar-refractivity contribution is 0.271. The van der Waals surface area contributed by atoms with E-state index in [1.54, 1.807) is 0 Å². The molecule has 0 atom stereocenters. The minimum atomic E-state index is -1.41. The maximum atomic E-state index is 13.5. The first-order chi connectivity index (χ1) is 12.5. The van der Waals surface area contributed by atoms with E-state index in [1.165, 1.54) is 37.7 Å². The van der Waals surface area contributed by atoms with Gasteiger partial charge in [-0.1, -0.05) is 62.5 Å². The zero-order chi connectivity index (χ0) is 18.7. The largest absolute Gasteiger partial charge is 0.204 e. The maximum absolute atomic E-state index is 13.5. The van der Waals surface area contributed by atoms with Gasteiger partial charge < -0.3 is 0 Å². The van der Waals surface area contributed by atoms with Gasteiger partial charge in [0.05, 0.1) is 0 Å². The van der Waals surface area contributed by atoms with Crippen LogP contribution in [0.4, 0.5) is 13.2 Å². The molecule has 0 spiro atoms. The lowest BCUT2D eigenvalue weighted by Crippen LogP contribution is -2.31. The molecule has 1 saturated carbocycles. The summed E-state index contributed by atoms with van der Waals surface area (Å²) in [6, 6.07) is 10.2. The molecule has 0 nitrogen and oxygen atoms in total. The summed E-state index contributed by atoms with van der Waals surface area (Å²) in [4.78, 5) is 0. The van der Waals surface area contributed by atoms with Crippen molar-refractivity contribution in [3.8, 4) is 11.1 Å². The molecule has 0 bridgehead atoms. The Morgan fingerprint density at radius 2 is 1.54 bits per heavy atom. The second kappa shape index (κ2) is 7.99. The summed E-state index contributed by atoms with van der Waals surface area (Å²) < 4.78 is 40.2. The fraction of sp³-hybridized carbons (Fsp3) is 0.455. The quantitative estimate of drug-likeness (QED) is 0.419. The van der Waals surface area contributed by atoms with Crippen molar-refractivity contribution in [3.05, 3.63) is 59.4 Å². The van der Waals surface area contributed by atoms with Gasteiger partial charge in [-0.15, -0.1) is 0 Å². The van der Waals surface area contributed by atoms with Gasteiger partial charge in [-0.3, -0.25) is 0 Å². The lowest BCUT2D eigenvalue weighted by atomic mass is 9.66. The van der Waals surface area contributed by atoms with Gasteiger partial charge in [0.25, 0.3) is 0 Å².